The molecule has 0 aliphatic heterocycles. The SMILES string of the molecule is Cc1sc2nc(Cc3ccc(Cl)cc3)n(CCCC#N)c(=O)c2c1C. The maximum Gasteiger partial charge on any atom is 0.262 e. The molecule has 1 aromatic carbocycles. The second-order valence-corrected chi connectivity index (χ2v) is 7.65. The summed E-state index contributed by atoms with van der Waals surface area (Å²) in [5.41, 5.74) is 2.05. The van der Waals surface area contributed by atoms with Crippen molar-refractivity contribution in [3.63, 3.8) is 0 Å². The van der Waals surface area contributed by atoms with Crippen LogP contribution in [-0.2, 0) is 13.0 Å². The van der Waals surface area contributed by atoms with Crippen molar-refractivity contribution in [3.8, 4) is 6.07 Å². The predicted octanol–water partition coefficient (Wildman–Crippen LogP) is 4.62. The van der Waals surface area contributed by atoms with Gasteiger partial charge in [-0.2, -0.15) is 5.26 Å². The van der Waals surface area contributed by atoms with E-state index in [1.807, 2.05) is 38.1 Å². The van der Waals surface area contributed by atoms with E-state index in [-0.39, 0.29) is 5.56 Å². The van der Waals surface area contributed by atoms with Crippen molar-refractivity contribution < 1.29 is 0 Å². The predicted molar refractivity (Wildman–Crippen MR) is 102 cm³/mol. The number of halogens is 1. The highest BCUT2D eigenvalue weighted by molar-refractivity contribution is 7.18. The van der Waals surface area contributed by atoms with Gasteiger partial charge in [0.25, 0.3) is 5.56 Å². The van der Waals surface area contributed by atoms with Gasteiger partial charge in [0.1, 0.15) is 10.7 Å². The highest BCUT2D eigenvalue weighted by Crippen LogP contribution is 2.27. The number of fused-ring (bicyclic) bond motifs is 1. The first kappa shape index (κ1) is 17.7. The fourth-order valence-electron chi connectivity index (χ4n) is 2.84. The van der Waals surface area contributed by atoms with Crippen molar-refractivity contribution >= 4 is 33.2 Å². The molecule has 2 heterocycles. The van der Waals surface area contributed by atoms with Crippen LogP contribution in [0.25, 0.3) is 10.2 Å². The summed E-state index contributed by atoms with van der Waals surface area (Å²) in [6, 6.07) is 9.71. The molecule has 0 saturated heterocycles. The fraction of sp³-hybridized carbons (Fsp3) is 0.316. The number of thiophene rings is 1. The van der Waals surface area contributed by atoms with E-state index in [1.165, 1.54) is 0 Å². The van der Waals surface area contributed by atoms with Crippen LogP contribution in [-0.4, -0.2) is 9.55 Å². The highest BCUT2D eigenvalue weighted by atomic mass is 35.5. The van der Waals surface area contributed by atoms with Crippen molar-refractivity contribution in [2.75, 3.05) is 0 Å². The maximum atomic E-state index is 13.0. The monoisotopic (exact) mass is 371 g/mol. The minimum Gasteiger partial charge on any atom is -0.296 e. The Kier molecular flexibility index (Phi) is 5.22. The minimum absolute atomic E-state index is 0.00578. The molecule has 128 valence electrons. The summed E-state index contributed by atoms with van der Waals surface area (Å²) in [6.07, 6.45) is 1.62. The molecule has 0 aliphatic rings. The largest absolute Gasteiger partial charge is 0.296 e. The number of aryl methyl sites for hydroxylation is 2. The van der Waals surface area contributed by atoms with Crippen LogP contribution < -0.4 is 5.56 Å². The molecule has 0 N–H and O–H groups in total. The van der Waals surface area contributed by atoms with Gasteiger partial charge >= 0.3 is 0 Å². The first-order valence-electron chi connectivity index (χ1n) is 8.12. The zero-order valence-electron chi connectivity index (χ0n) is 14.2. The molecule has 0 unspecified atom stereocenters. The summed E-state index contributed by atoms with van der Waals surface area (Å²) in [4.78, 5) is 19.7. The molecule has 0 radical (unpaired) electrons. The Labute approximate surface area is 155 Å². The van der Waals surface area contributed by atoms with Crippen LogP contribution in [0.3, 0.4) is 0 Å². The van der Waals surface area contributed by atoms with Gasteiger partial charge in [-0.3, -0.25) is 9.36 Å². The average Bonchev–Trinajstić information content (AvgIpc) is 2.87. The van der Waals surface area contributed by atoms with Crippen LogP contribution in [0.15, 0.2) is 29.1 Å². The van der Waals surface area contributed by atoms with E-state index < -0.39 is 0 Å². The molecule has 6 heteroatoms. The number of nitriles is 1. The summed E-state index contributed by atoms with van der Waals surface area (Å²) < 4.78 is 1.73. The second-order valence-electron chi connectivity index (χ2n) is 6.01. The van der Waals surface area contributed by atoms with Crippen molar-refractivity contribution in [2.24, 2.45) is 0 Å². The lowest BCUT2D eigenvalue weighted by Gasteiger charge is -2.12. The normalized spacial score (nSPS) is 11.0. The van der Waals surface area contributed by atoms with E-state index in [4.69, 9.17) is 21.8 Å². The quantitative estimate of drug-likeness (QED) is 0.614. The lowest BCUT2D eigenvalue weighted by molar-refractivity contribution is 0.597. The Balaban J connectivity index is 2.10. The summed E-state index contributed by atoms with van der Waals surface area (Å²) >= 11 is 7.51. The maximum absolute atomic E-state index is 13.0. The third kappa shape index (κ3) is 3.60. The molecule has 0 amide bonds. The standard InChI is InChI=1S/C19H18ClN3OS/c1-12-13(2)25-18-17(12)19(24)23(10-4-3-9-21)16(22-18)11-14-5-7-15(20)8-6-14/h5-8H,3-4,10-11H2,1-2H3. The van der Waals surface area contributed by atoms with Gasteiger partial charge in [-0.05, 0) is 43.5 Å². The van der Waals surface area contributed by atoms with Gasteiger partial charge in [0, 0.05) is 29.3 Å². The van der Waals surface area contributed by atoms with Crippen molar-refractivity contribution in [1.29, 1.82) is 5.26 Å². The zero-order chi connectivity index (χ0) is 18.0. The van der Waals surface area contributed by atoms with Gasteiger partial charge < -0.3 is 0 Å². The molecule has 4 nitrogen and oxygen atoms in total. The summed E-state index contributed by atoms with van der Waals surface area (Å²) in [5, 5.41) is 10.2. The van der Waals surface area contributed by atoms with Crippen LogP contribution in [0.2, 0.25) is 5.02 Å². The van der Waals surface area contributed by atoms with E-state index in [9.17, 15) is 4.79 Å². The molecule has 3 rings (SSSR count). The smallest absolute Gasteiger partial charge is 0.262 e. The van der Waals surface area contributed by atoms with Gasteiger partial charge in [0.2, 0.25) is 0 Å². The lowest BCUT2D eigenvalue weighted by Crippen LogP contribution is -2.25. The van der Waals surface area contributed by atoms with Gasteiger partial charge in [0.05, 0.1) is 11.5 Å². The first-order chi connectivity index (χ1) is 12.0. The van der Waals surface area contributed by atoms with Crippen molar-refractivity contribution in [1.82, 2.24) is 9.55 Å². The van der Waals surface area contributed by atoms with E-state index in [0.29, 0.717) is 36.2 Å². The molecule has 0 atom stereocenters. The molecule has 25 heavy (non-hydrogen) atoms. The van der Waals surface area contributed by atoms with Gasteiger partial charge in [-0.15, -0.1) is 11.3 Å². The van der Waals surface area contributed by atoms with Crippen molar-refractivity contribution in [2.45, 2.75) is 39.7 Å². The Morgan fingerprint density at radius 1 is 1.28 bits per heavy atom. The summed E-state index contributed by atoms with van der Waals surface area (Å²) in [5.74, 6) is 0.735. The number of rotatable bonds is 5. The number of unbranched alkanes of at least 4 members (excludes halogenated alkanes) is 1. The Hall–Kier alpha value is -2.16. The summed E-state index contributed by atoms with van der Waals surface area (Å²) in [7, 11) is 0. The number of benzene rings is 1. The van der Waals surface area contributed by atoms with Crippen LogP contribution >= 0.6 is 22.9 Å². The number of hydrogen-bond acceptors (Lipinski definition) is 4. The molecule has 0 saturated carbocycles. The van der Waals surface area contributed by atoms with Crippen LogP contribution in [0.1, 0.15) is 34.7 Å². The zero-order valence-corrected chi connectivity index (χ0v) is 15.7. The van der Waals surface area contributed by atoms with Crippen molar-refractivity contribution in [3.05, 3.63) is 61.5 Å². The molecule has 0 spiro atoms. The second kappa shape index (κ2) is 7.38. The molecule has 3 aromatic rings. The van der Waals surface area contributed by atoms with E-state index in [1.54, 1.807) is 15.9 Å². The van der Waals surface area contributed by atoms with Crippen LogP contribution in [0.5, 0.6) is 0 Å². The number of nitrogens with zero attached hydrogens (tertiary/aromatic N) is 3. The first-order valence-corrected chi connectivity index (χ1v) is 9.31. The fourth-order valence-corrected chi connectivity index (χ4v) is 4.00. The van der Waals surface area contributed by atoms with E-state index in [2.05, 4.69) is 6.07 Å². The Morgan fingerprint density at radius 3 is 2.68 bits per heavy atom. The third-order valence-corrected chi connectivity index (χ3v) is 5.67. The topological polar surface area (TPSA) is 58.7 Å². The molecule has 0 bridgehead atoms. The van der Waals surface area contributed by atoms with Crippen LogP contribution in [0, 0.1) is 25.2 Å². The summed E-state index contributed by atoms with van der Waals surface area (Å²) in [6.45, 7) is 4.49. The van der Waals surface area contributed by atoms with Gasteiger partial charge in [-0.1, -0.05) is 23.7 Å². The van der Waals surface area contributed by atoms with E-state index >= 15 is 0 Å². The molecule has 2 aromatic heterocycles. The van der Waals surface area contributed by atoms with Gasteiger partial charge in [0.15, 0.2) is 0 Å². The third-order valence-electron chi connectivity index (χ3n) is 4.31. The van der Waals surface area contributed by atoms with Crippen LogP contribution in [0.4, 0.5) is 0 Å². The number of aromatic nitrogens is 2. The Bertz CT molecular complexity index is 1010. The van der Waals surface area contributed by atoms with E-state index in [0.717, 1.165) is 26.7 Å². The molecular formula is C19H18ClN3OS. The van der Waals surface area contributed by atoms with Gasteiger partial charge in [-0.25, -0.2) is 4.98 Å². The Morgan fingerprint density at radius 2 is 2.00 bits per heavy atom. The molecule has 0 fully saturated rings. The highest BCUT2D eigenvalue weighted by Gasteiger charge is 2.16. The molecule has 0 aliphatic carbocycles. The minimum atomic E-state index is -0.00578. The number of hydrogen-bond donors (Lipinski definition) is 0. The molecular weight excluding hydrogens is 354 g/mol. The lowest BCUT2D eigenvalue weighted by atomic mass is 10.1. The average molecular weight is 372 g/mol.